The van der Waals surface area contributed by atoms with Gasteiger partial charge in [-0.3, -0.25) is 4.79 Å². The van der Waals surface area contributed by atoms with Crippen molar-refractivity contribution in [3.05, 3.63) is 17.5 Å². The lowest BCUT2D eigenvalue weighted by Crippen LogP contribution is -2.40. The summed E-state index contributed by atoms with van der Waals surface area (Å²) in [6.45, 7) is 2.70. The molecule has 0 bridgehead atoms. The number of rotatable bonds is 4. The van der Waals surface area contributed by atoms with E-state index >= 15 is 0 Å². The van der Waals surface area contributed by atoms with Crippen molar-refractivity contribution in [1.82, 2.24) is 15.4 Å². The average molecular weight is 300 g/mol. The van der Waals surface area contributed by atoms with Gasteiger partial charge in [-0.25, -0.2) is 0 Å². The summed E-state index contributed by atoms with van der Waals surface area (Å²) in [5.74, 6) is 2.11. The summed E-state index contributed by atoms with van der Waals surface area (Å²) in [5.41, 5.74) is 0.481. The van der Waals surface area contributed by atoms with Crippen LogP contribution < -0.4 is 5.32 Å². The first kappa shape index (κ1) is 15.3. The molecule has 6 heteroatoms. The van der Waals surface area contributed by atoms with Crippen molar-refractivity contribution in [1.29, 1.82) is 0 Å². The van der Waals surface area contributed by atoms with Crippen LogP contribution in [0.5, 0.6) is 0 Å². The number of halogens is 1. The maximum absolute atomic E-state index is 12.3. The Morgan fingerprint density at radius 3 is 2.70 bits per heavy atom. The Morgan fingerprint density at radius 2 is 2.10 bits per heavy atom. The molecule has 2 fully saturated rings. The van der Waals surface area contributed by atoms with Gasteiger partial charge in [0.15, 0.2) is 5.69 Å². The SMILES string of the molecule is CNCC1CCN(C(=O)c2cc(C3CC3)on2)CC1.Cl. The molecule has 1 amide bonds. The molecule has 2 heterocycles. The van der Waals surface area contributed by atoms with Crippen molar-refractivity contribution >= 4 is 18.3 Å². The Labute approximate surface area is 125 Å². The molecule has 0 aromatic carbocycles. The molecule has 20 heavy (non-hydrogen) atoms. The summed E-state index contributed by atoms with van der Waals surface area (Å²) in [7, 11) is 1.98. The predicted octanol–water partition coefficient (Wildman–Crippen LogP) is 2.05. The van der Waals surface area contributed by atoms with Crippen LogP contribution in [0.3, 0.4) is 0 Å². The highest BCUT2D eigenvalue weighted by Crippen LogP contribution is 2.40. The molecule has 0 spiro atoms. The van der Waals surface area contributed by atoms with E-state index in [-0.39, 0.29) is 18.3 Å². The Bertz CT molecular complexity index is 451. The first-order chi connectivity index (χ1) is 9.28. The Balaban J connectivity index is 0.00000147. The summed E-state index contributed by atoms with van der Waals surface area (Å²) in [6, 6.07) is 1.83. The number of likely N-dealkylation sites (tertiary alicyclic amines) is 1. The second-order valence-corrected chi connectivity index (χ2v) is 5.68. The topological polar surface area (TPSA) is 58.4 Å². The van der Waals surface area contributed by atoms with Crippen molar-refractivity contribution in [2.24, 2.45) is 5.92 Å². The molecule has 1 aliphatic heterocycles. The first-order valence-corrected chi connectivity index (χ1v) is 7.18. The zero-order chi connectivity index (χ0) is 13.2. The largest absolute Gasteiger partial charge is 0.360 e. The monoisotopic (exact) mass is 299 g/mol. The van der Waals surface area contributed by atoms with Crippen LogP contribution in [0.1, 0.15) is 47.8 Å². The molecular formula is C14H22ClN3O2. The van der Waals surface area contributed by atoms with E-state index in [1.165, 1.54) is 0 Å². The minimum absolute atomic E-state index is 0. The molecule has 1 aromatic rings. The van der Waals surface area contributed by atoms with E-state index in [9.17, 15) is 4.79 Å². The van der Waals surface area contributed by atoms with E-state index in [1.807, 2.05) is 18.0 Å². The third-order valence-electron chi connectivity index (χ3n) is 4.12. The van der Waals surface area contributed by atoms with Gasteiger partial charge in [0, 0.05) is 25.1 Å². The lowest BCUT2D eigenvalue weighted by Gasteiger charge is -2.31. The van der Waals surface area contributed by atoms with Gasteiger partial charge in [0.05, 0.1) is 0 Å². The normalized spacial score (nSPS) is 19.8. The van der Waals surface area contributed by atoms with Gasteiger partial charge >= 0.3 is 0 Å². The third kappa shape index (κ3) is 3.33. The molecule has 5 nitrogen and oxygen atoms in total. The maximum atomic E-state index is 12.3. The predicted molar refractivity (Wildman–Crippen MR) is 78.3 cm³/mol. The van der Waals surface area contributed by atoms with Crippen LogP contribution in [0.15, 0.2) is 10.6 Å². The Hall–Kier alpha value is -1.07. The molecular weight excluding hydrogens is 278 g/mol. The molecule has 3 rings (SSSR count). The van der Waals surface area contributed by atoms with Crippen LogP contribution in [0, 0.1) is 5.92 Å². The van der Waals surface area contributed by atoms with Gasteiger partial charge < -0.3 is 14.7 Å². The number of aromatic nitrogens is 1. The van der Waals surface area contributed by atoms with E-state index in [4.69, 9.17) is 4.52 Å². The highest BCUT2D eigenvalue weighted by molar-refractivity contribution is 5.92. The number of nitrogens with zero attached hydrogens (tertiary/aromatic N) is 2. The van der Waals surface area contributed by atoms with Crippen LogP contribution in [0.4, 0.5) is 0 Å². The molecule has 1 aromatic heterocycles. The number of carbonyl (C=O) groups is 1. The maximum Gasteiger partial charge on any atom is 0.276 e. The van der Waals surface area contributed by atoms with E-state index in [1.54, 1.807) is 0 Å². The van der Waals surface area contributed by atoms with Gasteiger partial charge in [-0.1, -0.05) is 5.16 Å². The third-order valence-corrected chi connectivity index (χ3v) is 4.12. The lowest BCUT2D eigenvalue weighted by molar-refractivity contribution is 0.0680. The van der Waals surface area contributed by atoms with Gasteiger partial charge in [0.25, 0.3) is 5.91 Å². The number of hydrogen-bond donors (Lipinski definition) is 1. The van der Waals surface area contributed by atoms with Crippen molar-refractivity contribution in [2.75, 3.05) is 26.7 Å². The fraction of sp³-hybridized carbons (Fsp3) is 0.714. The van der Waals surface area contributed by atoms with Crippen LogP contribution in [-0.2, 0) is 0 Å². The summed E-state index contributed by atoms with van der Waals surface area (Å²) in [6.07, 6.45) is 4.47. The van der Waals surface area contributed by atoms with Crippen molar-refractivity contribution in [3.8, 4) is 0 Å². The fourth-order valence-electron chi connectivity index (χ4n) is 2.74. The van der Waals surface area contributed by atoms with E-state index in [0.717, 1.165) is 51.1 Å². The quantitative estimate of drug-likeness (QED) is 0.924. The zero-order valence-corrected chi connectivity index (χ0v) is 12.6. The van der Waals surface area contributed by atoms with Crippen molar-refractivity contribution in [2.45, 2.75) is 31.6 Å². The average Bonchev–Trinajstić information content (AvgIpc) is 3.17. The van der Waals surface area contributed by atoms with Crippen LogP contribution in [-0.4, -0.2) is 42.6 Å². The summed E-state index contributed by atoms with van der Waals surface area (Å²) < 4.78 is 5.25. The second-order valence-electron chi connectivity index (χ2n) is 5.68. The van der Waals surface area contributed by atoms with Gasteiger partial charge in [-0.2, -0.15) is 0 Å². The number of carbonyl (C=O) groups excluding carboxylic acids is 1. The van der Waals surface area contributed by atoms with Crippen LogP contribution >= 0.6 is 12.4 Å². The highest BCUT2D eigenvalue weighted by Gasteiger charge is 2.30. The minimum Gasteiger partial charge on any atom is -0.360 e. The van der Waals surface area contributed by atoms with Crippen molar-refractivity contribution < 1.29 is 9.32 Å². The molecule has 0 radical (unpaired) electrons. The standard InChI is InChI=1S/C14H21N3O2.ClH/c1-15-9-10-4-6-17(7-5-10)14(18)12-8-13(19-16-12)11-2-3-11;/h8,10-11,15H,2-7,9H2,1H3;1H. The lowest BCUT2D eigenvalue weighted by atomic mass is 9.96. The van der Waals surface area contributed by atoms with E-state index in [0.29, 0.717) is 17.5 Å². The number of amides is 1. The van der Waals surface area contributed by atoms with Gasteiger partial charge in [-0.05, 0) is 45.2 Å². The summed E-state index contributed by atoms with van der Waals surface area (Å²) in [4.78, 5) is 14.2. The van der Waals surface area contributed by atoms with Gasteiger partial charge in [-0.15, -0.1) is 12.4 Å². The zero-order valence-electron chi connectivity index (χ0n) is 11.8. The fourth-order valence-corrected chi connectivity index (χ4v) is 2.74. The minimum atomic E-state index is 0. The molecule has 0 unspecified atom stereocenters. The van der Waals surface area contributed by atoms with E-state index < -0.39 is 0 Å². The molecule has 1 aliphatic carbocycles. The van der Waals surface area contributed by atoms with Gasteiger partial charge in [0.2, 0.25) is 0 Å². The number of piperidine rings is 1. The first-order valence-electron chi connectivity index (χ1n) is 7.18. The summed E-state index contributed by atoms with van der Waals surface area (Å²) in [5, 5.41) is 7.13. The molecule has 1 N–H and O–H groups in total. The Morgan fingerprint density at radius 1 is 1.40 bits per heavy atom. The van der Waals surface area contributed by atoms with E-state index in [2.05, 4.69) is 10.5 Å². The van der Waals surface area contributed by atoms with Gasteiger partial charge in [0.1, 0.15) is 5.76 Å². The molecule has 1 saturated heterocycles. The molecule has 0 atom stereocenters. The van der Waals surface area contributed by atoms with Crippen LogP contribution in [0.25, 0.3) is 0 Å². The highest BCUT2D eigenvalue weighted by atomic mass is 35.5. The molecule has 112 valence electrons. The van der Waals surface area contributed by atoms with Crippen molar-refractivity contribution in [3.63, 3.8) is 0 Å². The number of nitrogens with one attached hydrogen (secondary N) is 1. The smallest absolute Gasteiger partial charge is 0.276 e. The Kier molecular flexibility index (Phi) is 5.05. The number of hydrogen-bond acceptors (Lipinski definition) is 4. The summed E-state index contributed by atoms with van der Waals surface area (Å²) >= 11 is 0. The molecule has 1 saturated carbocycles. The molecule has 2 aliphatic rings. The van der Waals surface area contributed by atoms with Crippen LogP contribution in [0.2, 0.25) is 0 Å². The second kappa shape index (κ2) is 6.59.